The molecule has 4 heteroatoms. The quantitative estimate of drug-likeness (QED) is 0.282. The van der Waals surface area contributed by atoms with Crippen LogP contribution in [0.15, 0.2) is 0 Å². The highest BCUT2D eigenvalue weighted by Gasteiger charge is 1.85. The van der Waals surface area contributed by atoms with Crippen molar-refractivity contribution in [1.82, 2.24) is 10.6 Å². The molecule has 0 aliphatic carbocycles. The van der Waals surface area contributed by atoms with Crippen LogP contribution in [0, 0.1) is 0 Å². The van der Waals surface area contributed by atoms with E-state index in [1.165, 1.54) is 0 Å². The summed E-state index contributed by atoms with van der Waals surface area (Å²) in [6, 6.07) is 0. The molecule has 4 nitrogen and oxygen atoms in total. The van der Waals surface area contributed by atoms with Crippen LogP contribution >= 0.6 is 0 Å². The molecule has 0 saturated carbocycles. The van der Waals surface area contributed by atoms with Crippen molar-refractivity contribution in [3.8, 4) is 0 Å². The Morgan fingerprint density at radius 3 is 2.91 bits per heavy atom. The Bertz CT molecular complexity index is 88.5. The molecule has 2 N–H and O–H groups in total. The number of ether oxygens (including phenoxy) is 1. The van der Waals surface area contributed by atoms with Crippen LogP contribution in [-0.4, -0.2) is 39.3 Å². The van der Waals surface area contributed by atoms with Crippen molar-refractivity contribution in [3.63, 3.8) is 0 Å². The zero-order valence-electron chi connectivity index (χ0n) is 6.93. The van der Waals surface area contributed by atoms with E-state index in [1.807, 2.05) is 6.92 Å². The van der Waals surface area contributed by atoms with Gasteiger partial charge in [0, 0.05) is 6.54 Å². The molecule has 0 heterocycles. The van der Waals surface area contributed by atoms with E-state index in [4.69, 9.17) is 4.74 Å². The summed E-state index contributed by atoms with van der Waals surface area (Å²) in [6.07, 6.45) is 0.813. The van der Waals surface area contributed by atoms with E-state index in [0.717, 1.165) is 19.4 Å². The Hall–Kier alpha value is -0.450. The molecular formula is C7H16N2O2. The summed E-state index contributed by atoms with van der Waals surface area (Å²) in [4.78, 5) is 9.81. The molecule has 0 aromatic carbocycles. The Morgan fingerprint density at radius 2 is 2.27 bits per heavy atom. The fraction of sp³-hybridized carbons (Fsp3) is 0.857. The van der Waals surface area contributed by atoms with E-state index in [-0.39, 0.29) is 0 Å². The van der Waals surface area contributed by atoms with Crippen LogP contribution in [0.1, 0.15) is 6.92 Å². The Balaban J connectivity index is 2.74. The van der Waals surface area contributed by atoms with Crippen LogP contribution in [0.5, 0.6) is 0 Å². The van der Waals surface area contributed by atoms with Crippen LogP contribution in [0.4, 0.5) is 0 Å². The van der Waals surface area contributed by atoms with E-state index in [2.05, 4.69) is 10.6 Å². The highest BCUT2D eigenvalue weighted by Crippen LogP contribution is 1.68. The molecule has 0 unspecified atom stereocenters. The van der Waals surface area contributed by atoms with Crippen LogP contribution in [0.25, 0.3) is 0 Å². The fourth-order valence-electron chi connectivity index (χ4n) is 0.583. The minimum atomic E-state index is 0.362. The summed E-state index contributed by atoms with van der Waals surface area (Å²) < 4.78 is 5.11. The summed E-state index contributed by atoms with van der Waals surface area (Å²) in [5, 5.41) is 5.91. The van der Waals surface area contributed by atoms with Crippen LogP contribution < -0.4 is 10.6 Å². The number of hydrogen-bond acceptors (Lipinski definition) is 4. The lowest BCUT2D eigenvalue weighted by molar-refractivity contribution is -0.107. The number of hydrogen-bond donors (Lipinski definition) is 2. The van der Waals surface area contributed by atoms with E-state index in [0.29, 0.717) is 19.9 Å². The number of nitrogens with one attached hydrogen (secondary N) is 2. The van der Waals surface area contributed by atoms with E-state index in [9.17, 15) is 4.79 Å². The maximum absolute atomic E-state index is 9.81. The standard InChI is InChI=1S/C7H16N2O2/c1-2-8-4-6-11-7-9-3-5-10/h5,8-9H,2-4,6-7H2,1H3. The summed E-state index contributed by atoms with van der Waals surface area (Å²) in [5.41, 5.74) is 0. The first-order valence-corrected chi connectivity index (χ1v) is 3.84. The second-order valence-corrected chi connectivity index (χ2v) is 2.03. The largest absolute Gasteiger partial charge is 0.365 e. The van der Waals surface area contributed by atoms with Gasteiger partial charge in [-0.15, -0.1) is 0 Å². The summed E-state index contributed by atoms with van der Waals surface area (Å²) in [6.45, 7) is 5.36. The van der Waals surface area contributed by atoms with Crippen molar-refractivity contribution in [2.75, 3.05) is 33.0 Å². The van der Waals surface area contributed by atoms with Gasteiger partial charge in [-0.05, 0) is 6.54 Å². The number of aldehydes is 1. The van der Waals surface area contributed by atoms with E-state index < -0.39 is 0 Å². The van der Waals surface area contributed by atoms with Gasteiger partial charge in [-0.2, -0.15) is 0 Å². The Kier molecular flexibility index (Phi) is 9.16. The number of carbonyl (C=O) groups excluding carboxylic acids is 1. The number of rotatable bonds is 8. The van der Waals surface area contributed by atoms with Crippen LogP contribution in [0.2, 0.25) is 0 Å². The van der Waals surface area contributed by atoms with Gasteiger partial charge < -0.3 is 14.8 Å². The lowest BCUT2D eigenvalue weighted by atomic mass is 10.6. The number of likely N-dealkylation sites (N-methyl/N-ethyl adjacent to an activating group) is 1. The molecular weight excluding hydrogens is 144 g/mol. The molecule has 0 fully saturated rings. The smallest absolute Gasteiger partial charge is 0.133 e. The Morgan fingerprint density at radius 1 is 1.45 bits per heavy atom. The van der Waals surface area contributed by atoms with Gasteiger partial charge in [0.05, 0.1) is 19.9 Å². The molecule has 0 aliphatic rings. The third-order valence-corrected chi connectivity index (χ3v) is 1.10. The normalized spacial score (nSPS) is 9.91. The summed E-state index contributed by atoms with van der Waals surface area (Å²) >= 11 is 0. The maximum atomic E-state index is 9.81. The molecule has 0 spiro atoms. The van der Waals surface area contributed by atoms with Crippen LogP contribution in [0.3, 0.4) is 0 Å². The highest BCUT2D eigenvalue weighted by atomic mass is 16.5. The first kappa shape index (κ1) is 10.6. The lowest BCUT2D eigenvalue weighted by Crippen LogP contribution is -2.24. The van der Waals surface area contributed by atoms with Gasteiger partial charge in [0.25, 0.3) is 0 Å². The molecule has 0 radical (unpaired) electrons. The predicted octanol–water partition coefficient (Wildman–Crippen LogP) is -0.641. The minimum absolute atomic E-state index is 0.362. The minimum Gasteiger partial charge on any atom is -0.365 e. The number of carbonyl (C=O) groups is 1. The van der Waals surface area contributed by atoms with Crippen molar-refractivity contribution in [3.05, 3.63) is 0 Å². The summed E-state index contributed by atoms with van der Waals surface area (Å²) in [7, 11) is 0. The van der Waals surface area contributed by atoms with Gasteiger partial charge in [-0.25, -0.2) is 0 Å². The fourth-order valence-corrected chi connectivity index (χ4v) is 0.583. The zero-order valence-corrected chi connectivity index (χ0v) is 6.93. The van der Waals surface area contributed by atoms with Crippen molar-refractivity contribution < 1.29 is 9.53 Å². The van der Waals surface area contributed by atoms with E-state index >= 15 is 0 Å². The van der Waals surface area contributed by atoms with Gasteiger partial charge in [0.2, 0.25) is 0 Å². The molecule has 0 amide bonds. The van der Waals surface area contributed by atoms with Gasteiger partial charge in [-0.1, -0.05) is 6.92 Å². The average molecular weight is 160 g/mol. The zero-order chi connectivity index (χ0) is 8.36. The van der Waals surface area contributed by atoms with E-state index in [1.54, 1.807) is 0 Å². The summed E-state index contributed by atoms with van der Waals surface area (Å²) in [5.74, 6) is 0. The SMILES string of the molecule is CCNCCOCNCC=O. The first-order valence-electron chi connectivity index (χ1n) is 3.84. The molecule has 0 aromatic rings. The second-order valence-electron chi connectivity index (χ2n) is 2.03. The Labute approximate surface area is 67.3 Å². The molecule has 0 aromatic heterocycles. The monoisotopic (exact) mass is 160 g/mol. The third-order valence-electron chi connectivity index (χ3n) is 1.10. The molecule has 0 bridgehead atoms. The molecule has 66 valence electrons. The molecule has 0 rings (SSSR count). The van der Waals surface area contributed by atoms with Crippen molar-refractivity contribution in [2.24, 2.45) is 0 Å². The van der Waals surface area contributed by atoms with Crippen molar-refractivity contribution in [2.45, 2.75) is 6.92 Å². The predicted molar refractivity (Wildman–Crippen MR) is 43.4 cm³/mol. The molecule has 0 atom stereocenters. The maximum Gasteiger partial charge on any atom is 0.133 e. The first-order chi connectivity index (χ1) is 5.41. The highest BCUT2D eigenvalue weighted by molar-refractivity contribution is 5.51. The molecule has 0 aliphatic heterocycles. The van der Waals surface area contributed by atoms with Crippen molar-refractivity contribution >= 4 is 6.29 Å². The topological polar surface area (TPSA) is 50.4 Å². The lowest BCUT2D eigenvalue weighted by Gasteiger charge is -2.03. The van der Waals surface area contributed by atoms with Crippen LogP contribution in [-0.2, 0) is 9.53 Å². The van der Waals surface area contributed by atoms with Gasteiger partial charge in [0.1, 0.15) is 6.29 Å². The second kappa shape index (κ2) is 9.55. The molecule has 0 saturated heterocycles. The third kappa shape index (κ3) is 9.55. The molecule has 11 heavy (non-hydrogen) atoms. The van der Waals surface area contributed by atoms with Gasteiger partial charge in [-0.3, -0.25) is 5.32 Å². The average Bonchev–Trinajstić information content (AvgIpc) is 2.03. The van der Waals surface area contributed by atoms with Crippen molar-refractivity contribution in [1.29, 1.82) is 0 Å². The van der Waals surface area contributed by atoms with Gasteiger partial charge >= 0.3 is 0 Å². The van der Waals surface area contributed by atoms with Gasteiger partial charge in [0.15, 0.2) is 0 Å².